The van der Waals surface area contributed by atoms with Crippen molar-refractivity contribution in [3.05, 3.63) is 51.5 Å². The molecule has 1 aromatic carbocycles. The van der Waals surface area contributed by atoms with Crippen molar-refractivity contribution in [1.29, 1.82) is 0 Å². The van der Waals surface area contributed by atoms with E-state index in [2.05, 4.69) is 10.3 Å². The third-order valence-electron chi connectivity index (χ3n) is 4.64. The van der Waals surface area contributed by atoms with Crippen molar-refractivity contribution in [2.45, 2.75) is 19.3 Å². The fraction of sp³-hybridized carbons (Fsp3) is 0.211. The molecule has 0 unspecified atom stereocenters. The molecule has 0 saturated carbocycles. The molecule has 3 heterocycles. The molecule has 1 N–H and O–H groups in total. The van der Waals surface area contributed by atoms with Gasteiger partial charge in [-0.2, -0.15) is 0 Å². The van der Waals surface area contributed by atoms with Crippen LogP contribution >= 0.6 is 22.7 Å². The van der Waals surface area contributed by atoms with Crippen LogP contribution in [-0.2, 0) is 10.2 Å². The van der Waals surface area contributed by atoms with Crippen molar-refractivity contribution in [3.8, 4) is 11.3 Å². The van der Waals surface area contributed by atoms with Crippen LogP contribution in [0.4, 0.5) is 10.8 Å². The molecule has 1 aliphatic heterocycles. The fourth-order valence-corrected chi connectivity index (χ4v) is 4.50. The molecule has 0 radical (unpaired) electrons. The van der Waals surface area contributed by atoms with Crippen molar-refractivity contribution < 1.29 is 9.59 Å². The van der Waals surface area contributed by atoms with E-state index in [9.17, 15) is 9.59 Å². The Balaban J connectivity index is 1.62. The smallest absolute Gasteiger partial charge is 0.267 e. The number of hydrogen-bond acceptors (Lipinski definition) is 5. The van der Waals surface area contributed by atoms with Gasteiger partial charge >= 0.3 is 0 Å². The van der Waals surface area contributed by atoms with Gasteiger partial charge < -0.3 is 4.90 Å². The number of thiazole rings is 1. The number of nitrogens with zero attached hydrogens (tertiary/aromatic N) is 2. The highest BCUT2D eigenvalue weighted by Gasteiger charge is 2.42. The highest BCUT2D eigenvalue weighted by atomic mass is 32.1. The third-order valence-corrected chi connectivity index (χ3v) is 6.26. The summed E-state index contributed by atoms with van der Waals surface area (Å²) in [5.41, 5.74) is 3.11. The SMILES string of the molecule is CN1C(=O)C(C)(C)c2cc(-c3csc(NC(=O)c4cccs4)n3)ccc21. The molecule has 26 heavy (non-hydrogen) atoms. The zero-order chi connectivity index (χ0) is 18.5. The minimum atomic E-state index is -0.549. The van der Waals surface area contributed by atoms with E-state index in [-0.39, 0.29) is 11.8 Å². The van der Waals surface area contributed by atoms with Gasteiger partial charge in [0.05, 0.1) is 16.0 Å². The first-order chi connectivity index (χ1) is 12.4. The molecule has 0 aliphatic carbocycles. The molecule has 0 atom stereocenters. The highest BCUT2D eigenvalue weighted by molar-refractivity contribution is 7.14. The van der Waals surface area contributed by atoms with Gasteiger partial charge in [-0.1, -0.05) is 12.1 Å². The Bertz CT molecular complexity index is 1010. The predicted octanol–water partition coefficient (Wildman–Crippen LogP) is 4.38. The normalized spacial score (nSPS) is 15.2. The summed E-state index contributed by atoms with van der Waals surface area (Å²) in [5.74, 6) is -0.0602. The summed E-state index contributed by atoms with van der Waals surface area (Å²) in [5, 5.41) is 7.18. The lowest BCUT2D eigenvalue weighted by Crippen LogP contribution is -2.33. The molecular formula is C19H17N3O2S2. The van der Waals surface area contributed by atoms with Crippen LogP contribution in [-0.4, -0.2) is 23.8 Å². The Kier molecular flexibility index (Phi) is 3.93. The van der Waals surface area contributed by atoms with Gasteiger partial charge in [0, 0.05) is 23.7 Å². The second-order valence-corrected chi connectivity index (χ2v) is 8.50. The molecule has 3 aromatic rings. The van der Waals surface area contributed by atoms with Crippen LogP contribution in [0.5, 0.6) is 0 Å². The second-order valence-electron chi connectivity index (χ2n) is 6.69. The van der Waals surface area contributed by atoms with Gasteiger partial charge in [-0.3, -0.25) is 14.9 Å². The molecule has 7 heteroatoms. The number of anilines is 2. The summed E-state index contributed by atoms with van der Waals surface area (Å²) in [4.78, 5) is 31.5. The average molecular weight is 383 g/mol. The first kappa shape index (κ1) is 16.9. The van der Waals surface area contributed by atoms with E-state index in [0.717, 1.165) is 22.5 Å². The van der Waals surface area contributed by atoms with E-state index in [1.165, 1.54) is 22.7 Å². The van der Waals surface area contributed by atoms with Crippen molar-refractivity contribution in [3.63, 3.8) is 0 Å². The highest BCUT2D eigenvalue weighted by Crippen LogP contribution is 2.42. The number of amides is 2. The molecule has 5 nitrogen and oxygen atoms in total. The molecule has 0 saturated heterocycles. The van der Waals surface area contributed by atoms with Crippen molar-refractivity contribution in [2.75, 3.05) is 17.3 Å². The number of likely N-dealkylation sites (N-methyl/N-ethyl adjacent to an activating group) is 1. The molecular weight excluding hydrogens is 366 g/mol. The summed E-state index contributed by atoms with van der Waals surface area (Å²) in [7, 11) is 1.80. The maximum absolute atomic E-state index is 12.4. The first-order valence-corrected chi connectivity index (χ1v) is 9.87. The van der Waals surface area contributed by atoms with E-state index < -0.39 is 5.41 Å². The molecule has 0 spiro atoms. The third kappa shape index (κ3) is 2.64. The number of thiophene rings is 1. The van der Waals surface area contributed by atoms with Crippen LogP contribution in [0.2, 0.25) is 0 Å². The van der Waals surface area contributed by atoms with Crippen molar-refractivity contribution in [1.82, 2.24) is 4.98 Å². The van der Waals surface area contributed by atoms with E-state index >= 15 is 0 Å². The van der Waals surface area contributed by atoms with Crippen LogP contribution in [0, 0.1) is 0 Å². The average Bonchev–Trinajstić information content (AvgIpc) is 3.34. The van der Waals surface area contributed by atoms with Gasteiger partial charge in [0.1, 0.15) is 0 Å². The number of fused-ring (bicyclic) bond motifs is 1. The lowest BCUT2D eigenvalue weighted by atomic mass is 9.85. The summed E-state index contributed by atoms with van der Waals surface area (Å²) in [6.07, 6.45) is 0. The van der Waals surface area contributed by atoms with Gasteiger partial charge in [-0.15, -0.1) is 22.7 Å². The summed E-state index contributed by atoms with van der Waals surface area (Å²) in [6, 6.07) is 9.57. The van der Waals surface area contributed by atoms with Crippen LogP contribution in [0.15, 0.2) is 41.1 Å². The second kappa shape index (κ2) is 6.03. The Morgan fingerprint density at radius 2 is 2.04 bits per heavy atom. The summed E-state index contributed by atoms with van der Waals surface area (Å²) in [6.45, 7) is 3.88. The van der Waals surface area contributed by atoms with Crippen molar-refractivity contribution in [2.24, 2.45) is 0 Å². The number of carbonyl (C=O) groups excluding carboxylic acids is 2. The molecule has 2 amide bonds. The number of nitrogens with one attached hydrogen (secondary N) is 1. The van der Waals surface area contributed by atoms with Crippen LogP contribution < -0.4 is 10.2 Å². The van der Waals surface area contributed by atoms with Gasteiger partial charge in [0.15, 0.2) is 5.13 Å². The van der Waals surface area contributed by atoms with Gasteiger partial charge in [-0.05, 0) is 43.0 Å². The topological polar surface area (TPSA) is 62.3 Å². The Labute approximate surface area is 159 Å². The summed E-state index contributed by atoms with van der Waals surface area (Å²) < 4.78 is 0. The van der Waals surface area contributed by atoms with Crippen LogP contribution in [0.1, 0.15) is 29.1 Å². The zero-order valence-corrected chi connectivity index (χ0v) is 16.2. The molecule has 2 aromatic heterocycles. The minimum Gasteiger partial charge on any atom is -0.314 e. The number of rotatable bonds is 3. The van der Waals surface area contributed by atoms with E-state index in [1.54, 1.807) is 18.0 Å². The minimum absolute atomic E-state index is 0.0897. The maximum Gasteiger partial charge on any atom is 0.267 e. The number of hydrogen-bond donors (Lipinski definition) is 1. The van der Waals surface area contributed by atoms with Crippen LogP contribution in [0.3, 0.4) is 0 Å². The Morgan fingerprint density at radius 3 is 2.77 bits per heavy atom. The monoisotopic (exact) mass is 383 g/mol. The molecule has 132 valence electrons. The van der Waals surface area contributed by atoms with E-state index in [0.29, 0.717) is 10.0 Å². The fourth-order valence-electron chi connectivity index (χ4n) is 3.16. The van der Waals surface area contributed by atoms with E-state index in [4.69, 9.17) is 0 Å². The molecule has 0 fully saturated rings. The Morgan fingerprint density at radius 1 is 1.23 bits per heavy atom. The predicted molar refractivity (Wildman–Crippen MR) is 106 cm³/mol. The van der Waals surface area contributed by atoms with Gasteiger partial charge in [0.2, 0.25) is 5.91 Å². The Hall–Kier alpha value is -2.51. The lowest BCUT2D eigenvalue weighted by molar-refractivity contribution is -0.121. The molecule has 0 bridgehead atoms. The van der Waals surface area contributed by atoms with Gasteiger partial charge in [0.25, 0.3) is 5.91 Å². The first-order valence-electron chi connectivity index (χ1n) is 8.11. The molecule has 4 rings (SSSR count). The number of aromatic nitrogens is 1. The zero-order valence-electron chi connectivity index (χ0n) is 14.6. The number of carbonyl (C=O) groups is 2. The van der Waals surface area contributed by atoms with Crippen molar-refractivity contribution >= 4 is 45.3 Å². The van der Waals surface area contributed by atoms with E-state index in [1.807, 2.05) is 48.9 Å². The summed E-state index contributed by atoms with van der Waals surface area (Å²) >= 11 is 2.78. The van der Waals surface area contributed by atoms with Crippen LogP contribution in [0.25, 0.3) is 11.3 Å². The van der Waals surface area contributed by atoms with Gasteiger partial charge in [-0.25, -0.2) is 4.98 Å². The standard InChI is InChI=1S/C19H17N3O2S2/c1-19(2)12-9-11(6-7-14(12)22(3)17(19)24)13-10-26-18(20-13)21-16(23)15-5-4-8-25-15/h4-10H,1-3H3,(H,20,21,23). The lowest BCUT2D eigenvalue weighted by Gasteiger charge is -2.16. The molecule has 1 aliphatic rings. The largest absolute Gasteiger partial charge is 0.314 e. The maximum atomic E-state index is 12.4. The number of benzene rings is 1. The quantitative estimate of drug-likeness (QED) is 0.730.